The number of carbonyl (C=O) groups is 1. The molecule has 0 spiro atoms. The molecular formula is C17H26N2O3. The highest BCUT2D eigenvalue weighted by Crippen LogP contribution is 2.25. The van der Waals surface area contributed by atoms with Crippen molar-refractivity contribution in [3.8, 4) is 5.75 Å². The number of methoxy groups -OCH3 is 1. The van der Waals surface area contributed by atoms with Gasteiger partial charge in [-0.15, -0.1) is 0 Å². The Morgan fingerprint density at radius 2 is 1.95 bits per heavy atom. The van der Waals surface area contributed by atoms with Gasteiger partial charge in [-0.3, -0.25) is 4.79 Å². The van der Waals surface area contributed by atoms with Crippen molar-refractivity contribution in [3.05, 3.63) is 24.3 Å². The summed E-state index contributed by atoms with van der Waals surface area (Å²) in [5.41, 5.74) is 0.0356. The zero-order chi connectivity index (χ0) is 16.0. The molecule has 22 heavy (non-hydrogen) atoms. The fraction of sp³-hybridized carbons (Fsp3) is 0.588. The average Bonchev–Trinajstić information content (AvgIpc) is 2.57. The third kappa shape index (κ3) is 3.99. The van der Waals surface area contributed by atoms with Crippen LogP contribution in [-0.2, 0) is 9.53 Å². The third-order valence-corrected chi connectivity index (χ3v) is 4.24. The molecular weight excluding hydrogens is 280 g/mol. The Labute approximate surface area is 132 Å². The molecule has 122 valence electrons. The van der Waals surface area contributed by atoms with E-state index >= 15 is 0 Å². The number of benzene rings is 1. The van der Waals surface area contributed by atoms with Crippen LogP contribution in [0.5, 0.6) is 5.75 Å². The summed E-state index contributed by atoms with van der Waals surface area (Å²) in [5, 5.41) is 6.20. The Hall–Kier alpha value is -1.59. The molecule has 5 nitrogen and oxygen atoms in total. The molecule has 0 bridgehead atoms. The summed E-state index contributed by atoms with van der Waals surface area (Å²) < 4.78 is 11.3. The van der Waals surface area contributed by atoms with Crippen molar-refractivity contribution in [1.29, 1.82) is 0 Å². The number of hydrogen-bond acceptors (Lipinski definition) is 4. The van der Waals surface area contributed by atoms with Gasteiger partial charge in [0.15, 0.2) is 0 Å². The van der Waals surface area contributed by atoms with E-state index in [-0.39, 0.29) is 12.0 Å². The number of nitrogens with one attached hydrogen (secondary N) is 2. The molecule has 1 atom stereocenters. The topological polar surface area (TPSA) is 59.6 Å². The normalized spacial score (nSPS) is 18.5. The first-order valence-electron chi connectivity index (χ1n) is 7.93. The average molecular weight is 306 g/mol. The lowest BCUT2D eigenvalue weighted by molar-refractivity contribution is -0.140. The van der Waals surface area contributed by atoms with Gasteiger partial charge in [0.1, 0.15) is 11.4 Å². The van der Waals surface area contributed by atoms with Crippen molar-refractivity contribution >= 4 is 11.6 Å². The van der Waals surface area contributed by atoms with Gasteiger partial charge < -0.3 is 20.1 Å². The molecule has 2 rings (SSSR count). The maximum atomic E-state index is 12.5. The van der Waals surface area contributed by atoms with Crippen LogP contribution < -0.4 is 15.4 Å². The second kappa shape index (κ2) is 7.61. The largest absolute Gasteiger partial charge is 0.491 e. The molecule has 0 radical (unpaired) electrons. The van der Waals surface area contributed by atoms with Gasteiger partial charge in [-0.05, 0) is 63.5 Å². The van der Waals surface area contributed by atoms with Gasteiger partial charge in [0.2, 0.25) is 0 Å². The number of ether oxygens (including phenoxy) is 2. The predicted octanol–water partition coefficient (Wildman–Crippen LogP) is 2.57. The van der Waals surface area contributed by atoms with Crippen molar-refractivity contribution in [2.75, 3.05) is 25.5 Å². The van der Waals surface area contributed by atoms with Gasteiger partial charge in [-0.25, -0.2) is 0 Å². The van der Waals surface area contributed by atoms with Crippen LogP contribution in [0.25, 0.3) is 0 Å². The van der Waals surface area contributed by atoms with Crippen molar-refractivity contribution < 1.29 is 14.3 Å². The highest BCUT2D eigenvalue weighted by atomic mass is 16.5. The van der Waals surface area contributed by atoms with E-state index in [0.29, 0.717) is 12.8 Å². The van der Waals surface area contributed by atoms with Gasteiger partial charge in [0.25, 0.3) is 5.91 Å². The van der Waals surface area contributed by atoms with E-state index in [1.165, 1.54) is 0 Å². The first-order chi connectivity index (χ1) is 10.6. The lowest BCUT2D eigenvalue weighted by Gasteiger charge is -2.34. The van der Waals surface area contributed by atoms with Gasteiger partial charge >= 0.3 is 0 Å². The minimum absolute atomic E-state index is 0.0768. The molecule has 2 N–H and O–H groups in total. The Morgan fingerprint density at radius 1 is 1.32 bits per heavy atom. The molecule has 1 aromatic rings. The highest BCUT2D eigenvalue weighted by Gasteiger charge is 2.39. The SMILES string of the molecule is CCC(C)Oc1ccc(NC(=O)C2(OC)CCNCC2)cc1. The van der Waals surface area contributed by atoms with E-state index in [2.05, 4.69) is 17.6 Å². The molecule has 0 saturated carbocycles. The lowest BCUT2D eigenvalue weighted by atomic mass is 9.91. The zero-order valence-electron chi connectivity index (χ0n) is 13.6. The Bertz CT molecular complexity index is 481. The Balaban J connectivity index is 1.99. The summed E-state index contributed by atoms with van der Waals surface area (Å²) in [7, 11) is 1.61. The molecule has 1 heterocycles. The van der Waals surface area contributed by atoms with Crippen LogP contribution in [0.3, 0.4) is 0 Å². The van der Waals surface area contributed by atoms with Gasteiger partial charge in [-0.1, -0.05) is 6.92 Å². The van der Waals surface area contributed by atoms with E-state index in [9.17, 15) is 4.79 Å². The Morgan fingerprint density at radius 3 is 2.50 bits per heavy atom. The first kappa shape index (κ1) is 16.8. The van der Waals surface area contributed by atoms with Crippen LogP contribution in [0.2, 0.25) is 0 Å². The van der Waals surface area contributed by atoms with Crippen LogP contribution in [0.15, 0.2) is 24.3 Å². The van der Waals surface area contributed by atoms with Gasteiger partial charge in [0, 0.05) is 12.8 Å². The number of hydrogen-bond donors (Lipinski definition) is 2. The summed E-state index contributed by atoms with van der Waals surface area (Å²) in [4.78, 5) is 12.5. The molecule has 5 heteroatoms. The molecule has 0 aromatic heterocycles. The van der Waals surface area contributed by atoms with E-state index in [1.807, 2.05) is 31.2 Å². The number of piperidine rings is 1. The molecule has 0 aliphatic carbocycles. The summed E-state index contributed by atoms with van der Waals surface area (Å²) in [5.74, 6) is 0.739. The fourth-order valence-electron chi connectivity index (χ4n) is 2.53. The van der Waals surface area contributed by atoms with Crippen LogP contribution in [0.1, 0.15) is 33.1 Å². The van der Waals surface area contributed by atoms with Crippen molar-refractivity contribution in [2.24, 2.45) is 0 Å². The summed E-state index contributed by atoms with van der Waals surface area (Å²) in [6.07, 6.45) is 2.52. The molecule has 1 aliphatic rings. The Kier molecular flexibility index (Phi) is 5.80. The molecule has 1 aliphatic heterocycles. The van der Waals surface area contributed by atoms with E-state index in [0.717, 1.165) is 30.9 Å². The number of amides is 1. The maximum absolute atomic E-state index is 12.5. The number of carbonyl (C=O) groups excluding carboxylic acids is 1. The van der Waals surface area contributed by atoms with E-state index in [1.54, 1.807) is 7.11 Å². The first-order valence-corrected chi connectivity index (χ1v) is 7.93. The fourth-order valence-corrected chi connectivity index (χ4v) is 2.53. The number of rotatable bonds is 6. The molecule has 1 fully saturated rings. The molecule has 1 amide bonds. The van der Waals surface area contributed by atoms with Crippen molar-refractivity contribution in [2.45, 2.75) is 44.8 Å². The third-order valence-electron chi connectivity index (χ3n) is 4.24. The minimum atomic E-state index is -0.725. The quantitative estimate of drug-likeness (QED) is 0.848. The zero-order valence-corrected chi connectivity index (χ0v) is 13.6. The highest BCUT2D eigenvalue weighted by molar-refractivity contribution is 5.97. The van der Waals surface area contributed by atoms with Gasteiger partial charge in [-0.2, -0.15) is 0 Å². The standard InChI is InChI=1S/C17H26N2O3/c1-4-13(2)22-15-7-5-14(6-8-15)19-16(20)17(21-3)9-11-18-12-10-17/h5-8,13,18H,4,9-12H2,1-3H3,(H,19,20). The number of anilines is 1. The summed E-state index contributed by atoms with van der Waals surface area (Å²) in [6, 6.07) is 7.48. The van der Waals surface area contributed by atoms with E-state index in [4.69, 9.17) is 9.47 Å². The smallest absolute Gasteiger partial charge is 0.256 e. The molecule has 1 aromatic carbocycles. The molecule has 1 saturated heterocycles. The van der Waals surface area contributed by atoms with Crippen molar-refractivity contribution in [3.63, 3.8) is 0 Å². The second-order valence-corrected chi connectivity index (χ2v) is 5.76. The van der Waals surface area contributed by atoms with Crippen LogP contribution in [0.4, 0.5) is 5.69 Å². The van der Waals surface area contributed by atoms with Gasteiger partial charge in [0.05, 0.1) is 6.10 Å². The summed E-state index contributed by atoms with van der Waals surface area (Å²) >= 11 is 0. The van der Waals surface area contributed by atoms with Crippen LogP contribution >= 0.6 is 0 Å². The second-order valence-electron chi connectivity index (χ2n) is 5.76. The summed E-state index contributed by atoms with van der Waals surface area (Å²) in [6.45, 7) is 5.71. The lowest BCUT2D eigenvalue weighted by Crippen LogP contribution is -2.51. The van der Waals surface area contributed by atoms with E-state index < -0.39 is 5.60 Å². The van der Waals surface area contributed by atoms with Crippen LogP contribution in [0, 0.1) is 0 Å². The van der Waals surface area contributed by atoms with Crippen molar-refractivity contribution in [1.82, 2.24) is 5.32 Å². The van der Waals surface area contributed by atoms with Crippen LogP contribution in [-0.4, -0.2) is 37.8 Å². The monoisotopic (exact) mass is 306 g/mol. The maximum Gasteiger partial charge on any atom is 0.256 e. The predicted molar refractivity (Wildman–Crippen MR) is 87.3 cm³/mol. The minimum Gasteiger partial charge on any atom is -0.491 e. The molecule has 1 unspecified atom stereocenters.